The van der Waals surface area contributed by atoms with E-state index < -0.39 is 0 Å². The van der Waals surface area contributed by atoms with Crippen molar-refractivity contribution < 1.29 is 14.4 Å². The van der Waals surface area contributed by atoms with Crippen molar-refractivity contribution in [2.75, 3.05) is 10.2 Å². The smallest absolute Gasteiger partial charge is 0.255 e. The number of hydrogen-bond acceptors (Lipinski definition) is 3. The number of nitrogens with zero attached hydrogens (tertiary/aromatic N) is 1. The molecule has 134 valence electrons. The number of carbonyl (C=O) groups excluding carboxylic acids is 3. The second-order valence-corrected chi connectivity index (χ2v) is 7.45. The van der Waals surface area contributed by atoms with Crippen LogP contribution < -0.4 is 10.2 Å². The Kier molecular flexibility index (Phi) is 4.64. The average molecular weight is 350 g/mol. The monoisotopic (exact) mass is 350 g/mol. The number of benzene rings is 2. The highest BCUT2D eigenvalue weighted by molar-refractivity contribution is 6.20. The first-order chi connectivity index (χ1) is 12.3. The lowest BCUT2D eigenvalue weighted by Crippen LogP contribution is -2.28. The Bertz CT molecular complexity index is 830. The van der Waals surface area contributed by atoms with Crippen LogP contribution in [0, 0.1) is 0 Å². The molecule has 0 bridgehead atoms. The molecule has 0 aliphatic carbocycles. The quantitative estimate of drug-likeness (QED) is 0.854. The Morgan fingerprint density at radius 1 is 0.885 bits per heavy atom. The molecule has 5 nitrogen and oxygen atoms in total. The van der Waals surface area contributed by atoms with Gasteiger partial charge in [0.15, 0.2) is 0 Å². The van der Waals surface area contributed by atoms with Gasteiger partial charge in [-0.1, -0.05) is 32.9 Å². The molecule has 3 rings (SSSR count). The van der Waals surface area contributed by atoms with E-state index in [0.29, 0.717) is 11.3 Å². The highest BCUT2D eigenvalue weighted by Gasteiger charge is 2.30. The molecule has 0 atom stereocenters. The summed E-state index contributed by atoms with van der Waals surface area (Å²) in [6.07, 6.45) is 0.483. The maximum Gasteiger partial charge on any atom is 0.255 e. The first-order valence-electron chi connectivity index (χ1n) is 8.63. The average Bonchev–Trinajstić information content (AvgIpc) is 2.93. The number of nitrogens with one attached hydrogen (secondary N) is 1. The third-order valence-corrected chi connectivity index (χ3v) is 4.45. The van der Waals surface area contributed by atoms with Crippen LogP contribution in [-0.4, -0.2) is 17.7 Å². The minimum atomic E-state index is -0.237. The van der Waals surface area contributed by atoms with Gasteiger partial charge >= 0.3 is 0 Å². The minimum absolute atomic E-state index is 0.0583. The van der Waals surface area contributed by atoms with Gasteiger partial charge in [0.1, 0.15) is 0 Å². The predicted octanol–water partition coefficient (Wildman–Crippen LogP) is 3.89. The van der Waals surface area contributed by atoms with E-state index in [4.69, 9.17) is 0 Å². The molecule has 2 aromatic rings. The molecule has 1 aliphatic heterocycles. The van der Waals surface area contributed by atoms with Crippen LogP contribution in [0.1, 0.15) is 49.5 Å². The number of imide groups is 1. The maximum atomic E-state index is 12.4. The molecule has 0 radical (unpaired) electrons. The molecule has 26 heavy (non-hydrogen) atoms. The van der Waals surface area contributed by atoms with Gasteiger partial charge in [-0.15, -0.1) is 0 Å². The molecule has 0 spiro atoms. The van der Waals surface area contributed by atoms with E-state index in [9.17, 15) is 14.4 Å². The zero-order valence-electron chi connectivity index (χ0n) is 15.2. The lowest BCUT2D eigenvalue weighted by Gasteiger charge is -2.19. The van der Waals surface area contributed by atoms with E-state index in [1.807, 2.05) is 24.3 Å². The Labute approximate surface area is 153 Å². The molecule has 1 saturated heterocycles. The second kappa shape index (κ2) is 6.75. The lowest BCUT2D eigenvalue weighted by atomic mass is 9.87. The fourth-order valence-electron chi connectivity index (χ4n) is 2.88. The first kappa shape index (κ1) is 17.9. The van der Waals surface area contributed by atoms with Crippen molar-refractivity contribution in [1.82, 2.24) is 0 Å². The van der Waals surface area contributed by atoms with E-state index in [1.54, 1.807) is 24.3 Å². The molecule has 1 aliphatic rings. The van der Waals surface area contributed by atoms with Gasteiger partial charge < -0.3 is 5.32 Å². The van der Waals surface area contributed by atoms with Crippen molar-refractivity contribution in [2.45, 2.75) is 39.0 Å². The topological polar surface area (TPSA) is 66.5 Å². The van der Waals surface area contributed by atoms with Crippen molar-refractivity contribution in [2.24, 2.45) is 0 Å². The van der Waals surface area contributed by atoms with Gasteiger partial charge in [0.2, 0.25) is 11.8 Å². The second-order valence-electron chi connectivity index (χ2n) is 7.45. The maximum absolute atomic E-state index is 12.4. The molecule has 0 saturated carbocycles. The SMILES string of the molecule is CC(C)(C)c1ccc(NC(=O)c2ccc(N3C(=O)CCC3=O)cc2)cc1. The Morgan fingerprint density at radius 3 is 1.92 bits per heavy atom. The molecular formula is C21H22N2O3. The van der Waals surface area contributed by atoms with Crippen molar-refractivity contribution >= 4 is 29.1 Å². The van der Waals surface area contributed by atoms with Crippen LogP contribution in [0.3, 0.4) is 0 Å². The van der Waals surface area contributed by atoms with E-state index in [0.717, 1.165) is 5.69 Å². The van der Waals surface area contributed by atoms with Crippen LogP contribution in [0.2, 0.25) is 0 Å². The standard InChI is InChI=1S/C21H22N2O3/c1-21(2,3)15-6-8-16(9-7-15)22-20(26)14-4-10-17(11-5-14)23-18(24)12-13-19(23)25/h4-11H,12-13H2,1-3H3,(H,22,26). The molecule has 1 N–H and O–H groups in total. The van der Waals surface area contributed by atoms with Crippen LogP contribution >= 0.6 is 0 Å². The van der Waals surface area contributed by atoms with Crippen LogP contribution in [-0.2, 0) is 15.0 Å². The van der Waals surface area contributed by atoms with Gasteiger partial charge in [0.25, 0.3) is 5.91 Å². The zero-order chi connectivity index (χ0) is 18.9. The van der Waals surface area contributed by atoms with Gasteiger partial charge in [-0.05, 0) is 47.4 Å². The number of anilines is 2. The van der Waals surface area contributed by atoms with Crippen molar-refractivity contribution in [1.29, 1.82) is 0 Å². The number of amides is 3. The summed E-state index contributed by atoms with van der Waals surface area (Å²) in [6, 6.07) is 14.3. The Hall–Kier alpha value is -2.95. The predicted molar refractivity (Wildman–Crippen MR) is 101 cm³/mol. The van der Waals surface area contributed by atoms with Crippen molar-refractivity contribution in [3.63, 3.8) is 0 Å². The summed E-state index contributed by atoms with van der Waals surface area (Å²) in [5, 5.41) is 2.86. The van der Waals surface area contributed by atoms with Crippen LogP contribution in [0.4, 0.5) is 11.4 Å². The minimum Gasteiger partial charge on any atom is -0.322 e. The summed E-state index contributed by atoms with van der Waals surface area (Å²) in [5.41, 5.74) is 2.94. The van der Waals surface area contributed by atoms with Gasteiger partial charge in [-0.3, -0.25) is 19.3 Å². The van der Waals surface area contributed by atoms with Gasteiger partial charge in [0.05, 0.1) is 5.69 Å². The highest BCUT2D eigenvalue weighted by Crippen LogP contribution is 2.25. The first-order valence-corrected chi connectivity index (χ1v) is 8.63. The fourth-order valence-corrected chi connectivity index (χ4v) is 2.88. The summed E-state index contributed by atoms with van der Waals surface area (Å²) in [6.45, 7) is 6.41. The summed E-state index contributed by atoms with van der Waals surface area (Å²) in [7, 11) is 0. The van der Waals surface area contributed by atoms with Gasteiger partial charge in [-0.25, -0.2) is 0 Å². The number of hydrogen-bond donors (Lipinski definition) is 1. The number of rotatable bonds is 3. The fraction of sp³-hybridized carbons (Fsp3) is 0.286. The molecule has 5 heteroatoms. The molecule has 1 heterocycles. The van der Waals surface area contributed by atoms with Gasteiger partial charge in [0, 0.05) is 24.1 Å². The Morgan fingerprint density at radius 2 is 1.42 bits per heavy atom. The van der Waals surface area contributed by atoms with Crippen LogP contribution in [0.15, 0.2) is 48.5 Å². The molecule has 0 aromatic heterocycles. The third kappa shape index (κ3) is 3.67. The zero-order valence-corrected chi connectivity index (χ0v) is 15.2. The molecular weight excluding hydrogens is 328 g/mol. The van der Waals surface area contributed by atoms with Crippen LogP contribution in [0.5, 0.6) is 0 Å². The van der Waals surface area contributed by atoms with Gasteiger partial charge in [-0.2, -0.15) is 0 Å². The molecule has 2 aromatic carbocycles. The van der Waals surface area contributed by atoms with E-state index >= 15 is 0 Å². The largest absolute Gasteiger partial charge is 0.322 e. The van der Waals surface area contributed by atoms with Crippen LogP contribution in [0.25, 0.3) is 0 Å². The van der Waals surface area contributed by atoms with E-state index in [-0.39, 0.29) is 36.0 Å². The summed E-state index contributed by atoms with van der Waals surface area (Å²) >= 11 is 0. The van der Waals surface area contributed by atoms with E-state index in [1.165, 1.54) is 10.5 Å². The van der Waals surface area contributed by atoms with Crippen molar-refractivity contribution in [3.05, 3.63) is 59.7 Å². The summed E-state index contributed by atoms with van der Waals surface area (Å²) in [4.78, 5) is 37.1. The molecule has 1 fully saturated rings. The summed E-state index contributed by atoms with van der Waals surface area (Å²) < 4.78 is 0. The Balaban J connectivity index is 1.70. The normalized spacial score (nSPS) is 14.7. The highest BCUT2D eigenvalue weighted by atomic mass is 16.2. The molecule has 0 unspecified atom stereocenters. The lowest BCUT2D eigenvalue weighted by molar-refractivity contribution is -0.121. The third-order valence-electron chi connectivity index (χ3n) is 4.45. The van der Waals surface area contributed by atoms with Crippen molar-refractivity contribution in [3.8, 4) is 0 Å². The van der Waals surface area contributed by atoms with E-state index in [2.05, 4.69) is 26.1 Å². The number of carbonyl (C=O) groups is 3. The summed E-state index contributed by atoms with van der Waals surface area (Å²) in [5.74, 6) is -0.642. The molecule has 3 amide bonds.